The summed E-state index contributed by atoms with van der Waals surface area (Å²) in [7, 11) is 0. The van der Waals surface area contributed by atoms with E-state index in [0.717, 1.165) is 32.1 Å². The molecule has 0 radical (unpaired) electrons. The fourth-order valence-corrected chi connectivity index (χ4v) is 4.88. The zero-order valence-electron chi connectivity index (χ0n) is 25.8. The highest BCUT2D eigenvalue weighted by atomic mass is 16.3. The second kappa shape index (κ2) is 29.8. The average Bonchev–Trinajstić information content (AvgIpc) is 2.92. The quantitative estimate of drug-likeness (QED) is 0.0556. The van der Waals surface area contributed by atoms with Crippen molar-refractivity contribution in [3.63, 3.8) is 0 Å². The van der Waals surface area contributed by atoms with Crippen molar-refractivity contribution in [2.24, 2.45) is 0 Å². The monoisotopic (exact) mass is 551 g/mol. The van der Waals surface area contributed by atoms with Gasteiger partial charge in [0, 0.05) is 0 Å². The number of aliphatic hydroxyl groups is 3. The van der Waals surface area contributed by atoms with Crippen LogP contribution >= 0.6 is 0 Å². The first-order valence-corrected chi connectivity index (χ1v) is 16.6. The van der Waals surface area contributed by atoms with Gasteiger partial charge >= 0.3 is 0 Å². The average molecular weight is 552 g/mol. The fraction of sp³-hybridized carbons (Fsp3) is 0.853. The highest BCUT2D eigenvalue weighted by Gasteiger charge is 2.20. The molecular formula is C34H65NO4. The summed E-state index contributed by atoms with van der Waals surface area (Å²) in [4.78, 5) is 12.3. The van der Waals surface area contributed by atoms with Crippen molar-refractivity contribution in [2.75, 3.05) is 6.61 Å². The summed E-state index contributed by atoms with van der Waals surface area (Å²) in [5.41, 5.74) is 0. The second-order valence-electron chi connectivity index (χ2n) is 11.4. The molecule has 0 saturated heterocycles. The molecule has 0 rings (SSSR count). The lowest BCUT2D eigenvalue weighted by atomic mass is 10.0. The summed E-state index contributed by atoms with van der Waals surface area (Å²) in [6, 6.07) is -0.754. The summed E-state index contributed by atoms with van der Waals surface area (Å²) < 4.78 is 0. The van der Waals surface area contributed by atoms with Crippen molar-refractivity contribution in [3.8, 4) is 0 Å². The molecule has 39 heavy (non-hydrogen) atoms. The van der Waals surface area contributed by atoms with Crippen LogP contribution in [-0.4, -0.2) is 46.1 Å². The van der Waals surface area contributed by atoms with Crippen LogP contribution in [0.1, 0.15) is 162 Å². The molecule has 0 fully saturated rings. The Morgan fingerprint density at radius 1 is 0.641 bits per heavy atom. The van der Waals surface area contributed by atoms with Crippen molar-refractivity contribution < 1.29 is 20.1 Å². The molecule has 0 bridgehead atoms. The summed E-state index contributed by atoms with van der Waals surface area (Å²) in [6.45, 7) is 4.15. The van der Waals surface area contributed by atoms with Crippen molar-refractivity contribution in [1.82, 2.24) is 5.32 Å². The first-order chi connectivity index (χ1) is 19.0. The molecule has 0 aliphatic heterocycles. The largest absolute Gasteiger partial charge is 0.394 e. The van der Waals surface area contributed by atoms with Gasteiger partial charge in [0.05, 0.1) is 31.3 Å². The number of amides is 1. The molecule has 5 nitrogen and oxygen atoms in total. The number of rotatable bonds is 29. The molecule has 1 amide bonds. The highest BCUT2D eigenvalue weighted by molar-refractivity contribution is 5.76. The van der Waals surface area contributed by atoms with Crippen LogP contribution in [0.4, 0.5) is 0 Å². The number of nitrogens with one attached hydrogen (secondary N) is 1. The lowest BCUT2D eigenvalue weighted by Gasteiger charge is -2.21. The molecule has 0 aromatic carbocycles. The predicted octanol–water partition coefficient (Wildman–Crippen LogP) is 8.31. The van der Waals surface area contributed by atoms with Crippen LogP contribution in [0.5, 0.6) is 0 Å². The van der Waals surface area contributed by atoms with E-state index in [2.05, 4.69) is 31.3 Å². The number of allylic oxidation sites excluding steroid dienone is 3. The minimum atomic E-state index is -0.945. The predicted molar refractivity (Wildman–Crippen MR) is 167 cm³/mol. The molecule has 0 aliphatic carbocycles. The summed E-state index contributed by atoms with van der Waals surface area (Å²) in [5.74, 6) is -0.328. The lowest BCUT2D eigenvalue weighted by Crippen LogP contribution is -2.45. The number of carbonyl (C=O) groups is 1. The Balaban J connectivity index is 3.84. The Morgan fingerprint density at radius 3 is 1.64 bits per heavy atom. The van der Waals surface area contributed by atoms with Crippen molar-refractivity contribution in [2.45, 2.75) is 180 Å². The Hall–Kier alpha value is -1.17. The third-order valence-corrected chi connectivity index (χ3v) is 7.49. The van der Waals surface area contributed by atoms with E-state index in [-0.39, 0.29) is 18.9 Å². The van der Waals surface area contributed by atoms with E-state index in [1.165, 1.54) is 103 Å². The van der Waals surface area contributed by atoms with Crippen molar-refractivity contribution in [1.29, 1.82) is 0 Å². The van der Waals surface area contributed by atoms with Gasteiger partial charge < -0.3 is 20.6 Å². The van der Waals surface area contributed by atoms with Gasteiger partial charge in [0.2, 0.25) is 5.91 Å². The van der Waals surface area contributed by atoms with Gasteiger partial charge in [-0.05, 0) is 32.1 Å². The van der Waals surface area contributed by atoms with Crippen LogP contribution in [0.25, 0.3) is 0 Å². The molecule has 3 atom stereocenters. The van der Waals surface area contributed by atoms with Gasteiger partial charge in [-0.1, -0.05) is 147 Å². The van der Waals surface area contributed by atoms with Crippen LogP contribution in [0.15, 0.2) is 24.3 Å². The van der Waals surface area contributed by atoms with Crippen LogP contribution < -0.4 is 5.32 Å². The van der Waals surface area contributed by atoms with E-state index in [1.807, 2.05) is 6.08 Å². The number of aliphatic hydroxyl groups excluding tert-OH is 3. The van der Waals surface area contributed by atoms with Gasteiger partial charge in [0.15, 0.2) is 0 Å². The molecule has 4 N–H and O–H groups in total. The first kappa shape index (κ1) is 37.8. The molecule has 230 valence electrons. The topological polar surface area (TPSA) is 89.8 Å². The Kier molecular flexibility index (Phi) is 28.9. The van der Waals surface area contributed by atoms with E-state index in [1.54, 1.807) is 6.08 Å². The normalized spacial score (nSPS) is 14.3. The van der Waals surface area contributed by atoms with Gasteiger partial charge in [0.1, 0.15) is 0 Å². The van der Waals surface area contributed by atoms with E-state index in [4.69, 9.17) is 0 Å². The molecule has 0 heterocycles. The van der Waals surface area contributed by atoms with Crippen LogP contribution in [-0.2, 0) is 4.79 Å². The Bertz CT molecular complexity index is 578. The van der Waals surface area contributed by atoms with Crippen LogP contribution in [0, 0.1) is 0 Å². The molecule has 0 aliphatic rings. The summed E-state index contributed by atoms with van der Waals surface area (Å²) in [6.07, 6.45) is 33.0. The van der Waals surface area contributed by atoms with Crippen molar-refractivity contribution in [3.05, 3.63) is 24.3 Å². The first-order valence-electron chi connectivity index (χ1n) is 16.6. The van der Waals surface area contributed by atoms with E-state index in [0.29, 0.717) is 6.42 Å². The maximum absolute atomic E-state index is 12.3. The Labute approximate surface area is 241 Å². The second-order valence-corrected chi connectivity index (χ2v) is 11.4. The van der Waals surface area contributed by atoms with E-state index in [9.17, 15) is 20.1 Å². The highest BCUT2D eigenvalue weighted by Crippen LogP contribution is 2.13. The zero-order valence-corrected chi connectivity index (χ0v) is 25.8. The number of carbonyl (C=O) groups excluding carboxylic acids is 1. The van der Waals surface area contributed by atoms with E-state index < -0.39 is 18.2 Å². The summed E-state index contributed by atoms with van der Waals surface area (Å²) in [5, 5.41) is 32.8. The maximum atomic E-state index is 12.3. The Morgan fingerprint density at radius 2 is 1.10 bits per heavy atom. The molecule has 0 unspecified atom stereocenters. The molecule has 0 spiro atoms. The van der Waals surface area contributed by atoms with Crippen molar-refractivity contribution >= 4 is 5.91 Å². The third kappa shape index (κ3) is 26.8. The summed E-state index contributed by atoms with van der Waals surface area (Å²) >= 11 is 0. The molecule has 0 saturated carbocycles. The maximum Gasteiger partial charge on any atom is 0.222 e. The number of hydrogen-bond donors (Lipinski definition) is 4. The minimum absolute atomic E-state index is 0.00816. The SMILES string of the molecule is CCCCCCCCC/C=C/CC/C=C/[C@@H](O)[C@H](CO)NC(=O)C[C@@H](O)CCCCCCCCCCCCC. The lowest BCUT2D eigenvalue weighted by molar-refractivity contribution is -0.124. The molecule has 0 aromatic heterocycles. The van der Waals surface area contributed by atoms with Crippen LogP contribution in [0.2, 0.25) is 0 Å². The number of hydrogen-bond acceptors (Lipinski definition) is 4. The zero-order chi connectivity index (χ0) is 28.8. The molecule has 5 heteroatoms. The molecular weight excluding hydrogens is 486 g/mol. The van der Waals surface area contributed by atoms with E-state index >= 15 is 0 Å². The van der Waals surface area contributed by atoms with Gasteiger partial charge in [-0.2, -0.15) is 0 Å². The van der Waals surface area contributed by atoms with Gasteiger partial charge in [0.25, 0.3) is 0 Å². The smallest absolute Gasteiger partial charge is 0.222 e. The molecule has 0 aromatic rings. The van der Waals surface area contributed by atoms with Gasteiger partial charge in [-0.15, -0.1) is 0 Å². The minimum Gasteiger partial charge on any atom is -0.394 e. The van der Waals surface area contributed by atoms with Gasteiger partial charge in [-0.3, -0.25) is 4.79 Å². The standard InChI is InChI=1S/C34H65NO4/c1-3-5-7-9-11-13-15-16-18-20-22-24-26-28-33(38)32(30-36)35-34(39)29-31(37)27-25-23-21-19-17-14-12-10-8-6-4-2/h18,20,26,28,31-33,36-38H,3-17,19,21-25,27,29-30H2,1-2H3,(H,35,39)/b20-18+,28-26+/t31-,32-,33+/m0/s1. The number of unbranched alkanes of at least 4 members (excludes halogenated alkanes) is 18. The fourth-order valence-electron chi connectivity index (χ4n) is 4.88. The van der Waals surface area contributed by atoms with Gasteiger partial charge in [-0.25, -0.2) is 0 Å². The third-order valence-electron chi connectivity index (χ3n) is 7.49. The van der Waals surface area contributed by atoms with Crippen LogP contribution in [0.3, 0.4) is 0 Å².